The minimum atomic E-state index is -3.59. The highest BCUT2D eigenvalue weighted by molar-refractivity contribution is 7.90. The van der Waals surface area contributed by atoms with Crippen LogP contribution in [0.3, 0.4) is 0 Å². The maximum absolute atomic E-state index is 12.5. The Kier molecular flexibility index (Phi) is 3.17. The van der Waals surface area contributed by atoms with Gasteiger partial charge in [0, 0.05) is 32.1 Å². The second-order valence-corrected chi connectivity index (χ2v) is 7.16. The molecule has 3 aromatic rings. The predicted octanol–water partition coefficient (Wildman–Crippen LogP) is 1.34. The van der Waals surface area contributed by atoms with Crippen molar-refractivity contribution in [2.24, 2.45) is 14.1 Å². The second-order valence-electron chi connectivity index (χ2n) is 5.25. The SMILES string of the molecule is Cn1c(S(C)(=O)=O)nc2c(-c3ccccc3)cn(C)c2c1=O. The van der Waals surface area contributed by atoms with Gasteiger partial charge in [0.05, 0.1) is 0 Å². The summed E-state index contributed by atoms with van der Waals surface area (Å²) in [4.78, 5) is 16.8. The van der Waals surface area contributed by atoms with Gasteiger partial charge in [0.15, 0.2) is 0 Å². The van der Waals surface area contributed by atoms with E-state index in [0.717, 1.165) is 21.9 Å². The molecular weight excluding hydrogens is 302 g/mol. The molecule has 0 saturated carbocycles. The van der Waals surface area contributed by atoms with Crippen molar-refractivity contribution in [3.63, 3.8) is 0 Å². The van der Waals surface area contributed by atoms with Crippen LogP contribution in [0.2, 0.25) is 0 Å². The van der Waals surface area contributed by atoms with Gasteiger partial charge in [-0.05, 0) is 5.56 Å². The fourth-order valence-corrected chi connectivity index (χ4v) is 3.39. The van der Waals surface area contributed by atoms with Gasteiger partial charge in [-0.15, -0.1) is 0 Å². The lowest BCUT2D eigenvalue weighted by molar-refractivity contribution is 0.578. The molecule has 0 aliphatic carbocycles. The molecule has 0 amide bonds. The first-order valence-corrected chi connectivity index (χ1v) is 8.51. The molecule has 0 saturated heterocycles. The second kappa shape index (κ2) is 4.81. The number of aromatic nitrogens is 3. The van der Waals surface area contributed by atoms with Crippen LogP contribution >= 0.6 is 0 Å². The number of aryl methyl sites for hydroxylation is 1. The smallest absolute Gasteiger partial charge is 0.278 e. The highest BCUT2D eigenvalue weighted by atomic mass is 32.2. The Morgan fingerprint density at radius 2 is 1.73 bits per heavy atom. The molecule has 0 unspecified atom stereocenters. The molecule has 114 valence electrons. The lowest BCUT2D eigenvalue weighted by Crippen LogP contribution is -2.25. The molecule has 0 N–H and O–H groups in total. The van der Waals surface area contributed by atoms with Crippen molar-refractivity contribution >= 4 is 20.9 Å². The van der Waals surface area contributed by atoms with Crippen LogP contribution in [0.1, 0.15) is 0 Å². The van der Waals surface area contributed by atoms with Crippen LogP contribution in [0.25, 0.3) is 22.2 Å². The molecule has 1 aromatic carbocycles. The molecule has 0 aliphatic heterocycles. The number of hydrogen-bond donors (Lipinski definition) is 0. The standard InChI is InChI=1S/C15H15N3O3S/c1-17-9-11(10-7-5-4-6-8-10)12-13(17)14(19)18(2)15(16-12)22(3,20)21/h4-9H,1-3H3. The minimum absolute atomic E-state index is 0.228. The van der Waals surface area contributed by atoms with Crippen LogP contribution in [-0.4, -0.2) is 28.8 Å². The Balaban J connectivity index is 2.49. The van der Waals surface area contributed by atoms with Crippen molar-refractivity contribution in [3.05, 3.63) is 46.9 Å². The van der Waals surface area contributed by atoms with E-state index in [1.807, 2.05) is 30.3 Å². The van der Waals surface area contributed by atoms with Gasteiger partial charge in [-0.1, -0.05) is 30.3 Å². The quantitative estimate of drug-likeness (QED) is 0.669. The van der Waals surface area contributed by atoms with Crippen molar-refractivity contribution in [1.29, 1.82) is 0 Å². The number of fused-ring (bicyclic) bond motifs is 1. The van der Waals surface area contributed by atoms with E-state index in [2.05, 4.69) is 4.98 Å². The van der Waals surface area contributed by atoms with Crippen molar-refractivity contribution < 1.29 is 8.42 Å². The van der Waals surface area contributed by atoms with E-state index >= 15 is 0 Å². The summed E-state index contributed by atoms with van der Waals surface area (Å²) in [6.45, 7) is 0. The fraction of sp³-hybridized carbons (Fsp3) is 0.200. The zero-order valence-corrected chi connectivity index (χ0v) is 13.3. The molecule has 2 heterocycles. The van der Waals surface area contributed by atoms with Crippen LogP contribution in [0.5, 0.6) is 0 Å². The molecule has 6 nitrogen and oxygen atoms in total. The third-order valence-electron chi connectivity index (χ3n) is 3.57. The van der Waals surface area contributed by atoms with E-state index in [0.29, 0.717) is 11.0 Å². The summed E-state index contributed by atoms with van der Waals surface area (Å²) < 4.78 is 26.5. The van der Waals surface area contributed by atoms with E-state index in [-0.39, 0.29) is 10.7 Å². The summed E-state index contributed by atoms with van der Waals surface area (Å²) in [5.74, 6) is 0. The maximum atomic E-state index is 12.5. The van der Waals surface area contributed by atoms with Gasteiger partial charge in [-0.3, -0.25) is 9.36 Å². The van der Waals surface area contributed by atoms with Crippen LogP contribution in [0.15, 0.2) is 46.5 Å². The van der Waals surface area contributed by atoms with Crippen LogP contribution in [-0.2, 0) is 23.9 Å². The third-order valence-corrected chi connectivity index (χ3v) is 4.60. The van der Waals surface area contributed by atoms with Gasteiger partial charge >= 0.3 is 0 Å². The van der Waals surface area contributed by atoms with Crippen molar-refractivity contribution in [2.45, 2.75) is 5.16 Å². The first-order valence-electron chi connectivity index (χ1n) is 6.62. The first kappa shape index (κ1) is 14.5. The van der Waals surface area contributed by atoms with E-state index < -0.39 is 9.84 Å². The number of sulfone groups is 1. The average Bonchev–Trinajstić information content (AvgIpc) is 2.79. The van der Waals surface area contributed by atoms with E-state index in [1.54, 1.807) is 17.8 Å². The molecule has 0 bridgehead atoms. The zero-order chi connectivity index (χ0) is 16.1. The van der Waals surface area contributed by atoms with E-state index in [4.69, 9.17) is 0 Å². The van der Waals surface area contributed by atoms with Gasteiger partial charge in [0.25, 0.3) is 5.56 Å². The van der Waals surface area contributed by atoms with Crippen molar-refractivity contribution in [1.82, 2.24) is 14.1 Å². The Bertz CT molecular complexity index is 1030. The van der Waals surface area contributed by atoms with Crippen LogP contribution < -0.4 is 5.56 Å². The van der Waals surface area contributed by atoms with Gasteiger partial charge in [0.2, 0.25) is 15.0 Å². The molecule has 0 atom stereocenters. The summed E-state index contributed by atoms with van der Waals surface area (Å²) in [5, 5.41) is -0.228. The van der Waals surface area contributed by atoms with Gasteiger partial charge in [0.1, 0.15) is 11.0 Å². The number of rotatable bonds is 2. The molecule has 0 fully saturated rings. The van der Waals surface area contributed by atoms with Crippen molar-refractivity contribution in [3.8, 4) is 11.1 Å². The van der Waals surface area contributed by atoms with Crippen molar-refractivity contribution in [2.75, 3.05) is 6.26 Å². The van der Waals surface area contributed by atoms with Crippen LogP contribution in [0, 0.1) is 0 Å². The largest absolute Gasteiger partial charge is 0.344 e. The Morgan fingerprint density at radius 1 is 1.09 bits per heavy atom. The third kappa shape index (κ3) is 2.14. The predicted molar refractivity (Wildman–Crippen MR) is 84.5 cm³/mol. The summed E-state index contributed by atoms with van der Waals surface area (Å²) in [7, 11) is -0.430. The maximum Gasteiger partial charge on any atom is 0.278 e. The highest BCUT2D eigenvalue weighted by Gasteiger charge is 2.21. The monoisotopic (exact) mass is 317 g/mol. The number of hydrogen-bond acceptors (Lipinski definition) is 4. The van der Waals surface area contributed by atoms with E-state index in [9.17, 15) is 13.2 Å². The van der Waals surface area contributed by atoms with Crippen LogP contribution in [0.4, 0.5) is 0 Å². The first-order chi connectivity index (χ1) is 10.3. The molecule has 0 radical (unpaired) electrons. The number of benzene rings is 1. The summed E-state index contributed by atoms with van der Waals surface area (Å²) in [6, 6.07) is 9.45. The summed E-state index contributed by atoms with van der Waals surface area (Å²) in [6.07, 6.45) is 2.84. The highest BCUT2D eigenvalue weighted by Crippen LogP contribution is 2.27. The summed E-state index contributed by atoms with van der Waals surface area (Å²) in [5.41, 5.74) is 2.02. The fourth-order valence-electron chi connectivity index (χ4n) is 2.56. The Hall–Kier alpha value is -2.41. The zero-order valence-electron chi connectivity index (χ0n) is 12.4. The molecule has 0 spiro atoms. The molecule has 2 aromatic heterocycles. The number of nitrogens with zero attached hydrogens (tertiary/aromatic N) is 3. The lowest BCUT2D eigenvalue weighted by Gasteiger charge is -2.06. The average molecular weight is 317 g/mol. The molecule has 22 heavy (non-hydrogen) atoms. The van der Waals surface area contributed by atoms with Gasteiger partial charge < -0.3 is 4.57 Å². The Labute approximate surface area is 127 Å². The van der Waals surface area contributed by atoms with E-state index in [1.165, 1.54) is 7.05 Å². The minimum Gasteiger partial charge on any atom is -0.344 e. The molecule has 3 rings (SSSR count). The normalized spacial score (nSPS) is 12.0. The lowest BCUT2D eigenvalue weighted by atomic mass is 10.1. The Morgan fingerprint density at radius 3 is 2.32 bits per heavy atom. The molecule has 7 heteroatoms. The van der Waals surface area contributed by atoms with Gasteiger partial charge in [-0.25, -0.2) is 13.4 Å². The van der Waals surface area contributed by atoms with Gasteiger partial charge in [-0.2, -0.15) is 0 Å². The molecular formula is C15H15N3O3S. The topological polar surface area (TPSA) is 74.0 Å². The summed E-state index contributed by atoms with van der Waals surface area (Å²) >= 11 is 0. The molecule has 0 aliphatic rings.